The summed E-state index contributed by atoms with van der Waals surface area (Å²) in [5.74, 6) is -0.655. The van der Waals surface area contributed by atoms with E-state index in [2.05, 4.69) is 40.8 Å². The van der Waals surface area contributed by atoms with Gasteiger partial charge in [-0.3, -0.25) is 0 Å². The van der Waals surface area contributed by atoms with Crippen molar-refractivity contribution in [3.63, 3.8) is 0 Å². The first-order valence-corrected chi connectivity index (χ1v) is 8.87. The van der Waals surface area contributed by atoms with E-state index in [9.17, 15) is 10.0 Å². The predicted octanol–water partition coefficient (Wildman–Crippen LogP) is 2.51. The van der Waals surface area contributed by atoms with Crippen molar-refractivity contribution in [2.75, 3.05) is 39.2 Å². The second-order valence-electron chi connectivity index (χ2n) is 6.61. The van der Waals surface area contributed by atoms with Gasteiger partial charge in [-0.25, -0.2) is 9.53 Å². The summed E-state index contributed by atoms with van der Waals surface area (Å²) >= 11 is 0. The second-order valence-corrected chi connectivity index (χ2v) is 6.61. The lowest BCUT2D eigenvalue weighted by molar-refractivity contribution is -0.469. The first-order chi connectivity index (χ1) is 13.0. The molecule has 0 saturated carbocycles. The van der Waals surface area contributed by atoms with E-state index in [0.717, 1.165) is 37.1 Å². The average molecular weight is 369 g/mol. The number of likely N-dealkylation sites (N-methyl/N-ethyl adjacent to an activating group) is 1. The summed E-state index contributed by atoms with van der Waals surface area (Å²) < 4.78 is 5.08. The maximum absolute atomic E-state index is 11.9. The minimum atomic E-state index is -0.655. The fraction of sp³-hybridized carbons (Fsp3) is 0.333. The third kappa shape index (κ3) is 7.11. The third-order valence-corrected chi connectivity index (χ3v) is 4.10. The van der Waals surface area contributed by atoms with Crippen LogP contribution in [-0.2, 0) is 22.6 Å². The first-order valence-electron chi connectivity index (χ1n) is 8.87. The topological polar surface area (TPSA) is 58.9 Å². The summed E-state index contributed by atoms with van der Waals surface area (Å²) in [5.41, 5.74) is 3.11. The van der Waals surface area contributed by atoms with Crippen molar-refractivity contribution in [3.05, 3.63) is 70.9 Å². The van der Waals surface area contributed by atoms with Crippen LogP contribution < -0.4 is 4.90 Å². The Kier molecular flexibility index (Phi) is 7.82. The molecule has 0 fully saturated rings. The molecule has 0 aliphatic rings. The van der Waals surface area contributed by atoms with Crippen LogP contribution in [-0.4, -0.2) is 56.1 Å². The van der Waals surface area contributed by atoms with Gasteiger partial charge in [-0.1, -0.05) is 42.5 Å². The molecular formula is C21H27N3O3. The molecule has 0 aliphatic heterocycles. The average Bonchev–Trinajstić information content (AvgIpc) is 2.65. The Labute approximate surface area is 160 Å². The number of rotatable bonds is 9. The molecule has 144 valence electrons. The van der Waals surface area contributed by atoms with Crippen LogP contribution in [0.5, 0.6) is 0 Å². The van der Waals surface area contributed by atoms with Crippen molar-refractivity contribution in [3.8, 4) is 0 Å². The van der Waals surface area contributed by atoms with Gasteiger partial charge in [0.2, 0.25) is 0 Å². The summed E-state index contributed by atoms with van der Waals surface area (Å²) in [4.78, 5) is 15.6. The Bertz CT molecular complexity index is 760. The van der Waals surface area contributed by atoms with Crippen molar-refractivity contribution in [1.29, 1.82) is 0 Å². The summed E-state index contributed by atoms with van der Waals surface area (Å²) in [6.45, 7) is 2.66. The molecular weight excluding hydrogens is 342 g/mol. The van der Waals surface area contributed by atoms with Crippen LogP contribution in [0.3, 0.4) is 0 Å². The summed E-state index contributed by atoms with van der Waals surface area (Å²) in [5, 5.41) is 11.9. The van der Waals surface area contributed by atoms with Crippen molar-refractivity contribution in [2.24, 2.45) is 0 Å². The molecule has 0 bridgehead atoms. The Morgan fingerprint density at radius 3 is 2.44 bits per heavy atom. The van der Waals surface area contributed by atoms with Crippen molar-refractivity contribution >= 4 is 17.9 Å². The molecule has 0 radical (unpaired) electrons. The maximum Gasteiger partial charge on any atom is 0.396 e. The molecule has 0 aliphatic carbocycles. The van der Waals surface area contributed by atoms with Crippen molar-refractivity contribution < 1.29 is 14.3 Å². The van der Waals surface area contributed by atoms with Crippen LogP contribution in [0.4, 0.5) is 5.69 Å². The largest absolute Gasteiger partial charge is 0.623 e. The van der Waals surface area contributed by atoms with Gasteiger partial charge in [0.15, 0.2) is 6.54 Å². The fourth-order valence-electron chi connectivity index (χ4n) is 2.67. The van der Waals surface area contributed by atoms with Gasteiger partial charge in [0.25, 0.3) is 6.21 Å². The second kappa shape index (κ2) is 10.3. The van der Waals surface area contributed by atoms with Crippen LogP contribution in [0.1, 0.15) is 11.1 Å². The molecule has 0 saturated heterocycles. The van der Waals surface area contributed by atoms with E-state index < -0.39 is 5.97 Å². The molecule has 6 nitrogen and oxygen atoms in total. The molecule has 0 aromatic heterocycles. The molecule has 2 aromatic carbocycles. The zero-order valence-corrected chi connectivity index (χ0v) is 16.2. The third-order valence-electron chi connectivity index (χ3n) is 4.10. The van der Waals surface area contributed by atoms with Gasteiger partial charge in [0, 0.05) is 30.9 Å². The Morgan fingerprint density at radius 1 is 1.07 bits per heavy atom. The smallest absolute Gasteiger partial charge is 0.396 e. The molecule has 6 heteroatoms. The molecule has 2 rings (SSSR count). The zero-order chi connectivity index (χ0) is 19.6. The van der Waals surface area contributed by atoms with E-state index in [-0.39, 0.29) is 6.54 Å². The van der Waals surface area contributed by atoms with Gasteiger partial charge in [-0.2, -0.15) is 0 Å². The number of anilines is 1. The van der Waals surface area contributed by atoms with E-state index in [1.165, 1.54) is 12.7 Å². The van der Waals surface area contributed by atoms with E-state index in [4.69, 9.17) is 0 Å². The molecule has 0 atom stereocenters. The number of nitrogens with zero attached hydrogens (tertiary/aromatic N) is 3. The minimum Gasteiger partial charge on any atom is -0.623 e. The number of methoxy groups -OCH3 is 1. The highest BCUT2D eigenvalue weighted by Gasteiger charge is 2.10. The minimum absolute atomic E-state index is 0.0931. The van der Waals surface area contributed by atoms with Gasteiger partial charge in [-0.15, -0.1) is 0 Å². The van der Waals surface area contributed by atoms with Crippen LogP contribution in [0.2, 0.25) is 0 Å². The van der Waals surface area contributed by atoms with Crippen LogP contribution >= 0.6 is 0 Å². The van der Waals surface area contributed by atoms with Crippen molar-refractivity contribution in [1.82, 2.24) is 4.90 Å². The zero-order valence-electron chi connectivity index (χ0n) is 16.2. The first kappa shape index (κ1) is 20.5. The van der Waals surface area contributed by atoms with Gasteiger partial charge in [-0.05, 0) is 31.8 Å². The van der Waals surface area contributed by atoms with E-state index in [0.29, 0.717) is 4.74 Å². The number of hydrogen-bond acceptors (Lipinski definition) is 5. The van der Waals surface area contributed by atoms with E-state index >= 15 is 0 Å². The maximum atomic E-state index is 11.9. The van der Waals surface area contributed by atoms with Gasteiger partial charge < -0.3 is 19.7 Å². The Hall–Kier alpha value is -2.86. The molecule has 0 spiro atoms. The van der Waals surface area contributed by atoms with Gasteiger partial charge >= 0.3 is 5.97 Å². The highest BCUT2D eigenvalue weighted by atomic mass is 16.5. The predicted molar refractivity (Wildman–Crippen MR) is 108 cm³/mol. The van der Waals surface area contributed by atoms with Gasteiger partial charge in [0.1, 0.15) is 0 Å². The van der Waals surface area contributed by atoms with E-state index in [1.54, 1.807) is 0 Å². The lowest BCUT2D eigenvalue weighted by atomic mass is 10.1. The highest BCUT2D eigenvalue weighted by Crippen LogP contribution is 2.19. The SMILES string of the molecule is COC(=O)/C=[N+](/[O-])Cc1cccc(N(CCN(C)C)Cc2ccccc2)c1. The molecule has 0 heterocycles. The molecule has 2 aromatic rings. The molecule has 0 unspecified atom stereocenters. The quantitative estimate of drug-likeness (QED) is 0.223. The van der Waals surface area contributed by atoms with Gasteiger partial charge in [0.05, 0.1) is 7.11 Å². The lowest BCUT2D eigenvalue weighted by Crippen LogP contribution is -2.31. The monoisotopic (exact) mass is 369 g/mol. The highest BCUT2D eigenvalue weighted by molar-refractivity contribution is 6.20. The summed E-state index contributed by atoms with van der Waals surface area (Å²) in [6.07, 6.45) is 0.917. The normalized spacial score (nSPS) is 11.5. The fourth-order valence-corrected chi connectivity index (χ4v) is 2.67. The van der Waals surface area contributed by atoms with E-state index in [1.807, 2.05) is 42.5 Å². The standard InChI is InChI=1S/C21H27N3O3/c1-22(2)12-13-23(15-18-8-5-4-6-9-18)20-11-7-10-19(14-20)16-24(26)17-21(25)27-3/h4-11,14,17H,12-13,15-16H2,1-3H3/b24-17+. The number of hydroxylamine groups is 1. The summed E-state index contributed by atoms with van der Waals surface area (Å²) in [7, 11) is 5.35. The number of benzene rings is 2. The Balaban J connectivity index is 2.19. The lowest BCUT2D eigenvalue weighted by Gasteiger charge is -2.27. The summed E-state index contributed by atoms with van der Waals surface area (Å²) in [6, 6.07) is 18.2. The van der Waals surface area contributed by atoms with Crippen LogP contribution in [0, 0.1) is 5.21 Å². The van der Waals surface area contributed by atoms with Crippen LogP contribution in [0.15, 0.2) is 54.6 Å². The molecule has 27 heavy (non-hydrogen) atoms. The van der Waals surface area contributed by atoms with Crippen LogP contribution in [0.25, 0.3) is 0 Å². The number of ether oxygens (including phenoxy) is 1. The van der Waals surface area contributed by atoms with Crippen molar-refractivity contribution in [2.45, 2.75) is 13.1 Å². The number of carbonyl (C=O) groups excluding carboxylic acids is 1. The number of hydrogen-bond donors (Lipinski definition) is 0. The number of carbonyl (C=O) groups is 1. The Morgan fingerprint density at radius 2 is 1.78 bits per heavy atom. The molecule has 0 amide bonds. The number of esters is 1. The molecule has 0 N–H and O–H groups in total.